The predicted octanol–water partition coefficient (Wildman–Crippen LogP) is 4.32. The lowest BCUT2D eigenvalue weighted by Crippen LogP contribution is -2.17. The molecule has 2 atom stereocenters. The van der Waals surface area contributed by atoms with Crippen LogP contribution in [0.5, 0.6) is 0 Å². The molecule has 74 valence electrons. The monoisotopic (exact) mass is 325 g/mol. The van der Waals surface area contributed by atoms with E-state index >= 15 is 0 Å². The average molecular weight is 327 g/mol. The quantitative estimate of drug-likeness (QED) is 0.879. The summed E-state index contributed by atoms with van der Waals surface area (Å²) in [4.78, 5) is 1.24. The van der Waals surface area contributed by atoms with Gasteiger partial charge in [0.05, 0.1) is 3.79 Å². The molecule has 1 heterocycles. The van der Waals surface area contributed by atoms with Gasteiger partial charge in [0.1, 0.15) is 0 Å². The van der Waals surface area contributed by atoms with Crippen LogP contribution in [0.15, 0.2) is 14.3 Å². The van der Waals surface area contributed by atoms with Gasteiger partial charge in [-0.25, -0.2) is 0 Å². The number of nitrogens with two attached hydrogens (primary N) is 1. The van der Waals surface area contributed by atoms with E-state index in [0.29, 0.717) is 5.92 Å². The first-order valence-corrected chi connectivity index (χ1v) is 6.66. The molecule has 0 aromatic carbocycles. The van der Waals surface area contributed by atoms with Crippen molar-refractivity contribution in [2.75, 3.05) is 0 Å². The van der Waals surface area contributed by atoms with Crippen LogP contribution in [0.25, 0.3) is 0 Å². The first kappa shape index (κ1) is 11.7. The topological polar surface area (TPSA) is 26.0 Å². The Morgan fingerprint density at radius 1 is 1.54 bits per heavy atom. The second-order valence-electron chi connectivity index (χ2n) is 3.18. The summed E-state index contributed by atoms with van der Waals surface area (Å²) in [6.45, 7) is 4.36. The van der Waals surface area contributed by atoms with E-state index in [9.17, 15) is 0 Å². The molecule has 4 heteroatoms. The van der Waals surface area contributed by atoms with E-state index < -0.39 is 0 Å². The average Bonchev–Trinajstić information content (AvgIpc) is 2.44. The van der Waals surface area contributed by atoms with Crippen LogP contribution in [0.3, 0.4) is 0 Å². The molecule has 1 rings (SSSR count). The Hall–Kier alpha value is 0.620. The maximum Gasteiger partial charge on any atom is 0.0843 e. The molecule has 0 saturated carbocycles. The molecule has 0 amide bonds. The van der Waals surface area contributed by atoms with Gasteiger partial charge < -0.3 is 5.73 Å². The first-order chi connectivity index (χ1) is 6.06. The molecule has 0 aliphatic heterocycles. The third-order valence-corrected chi connectivity index (χ3v) is 5.61. The normalized spacial score (nSPS) is 15.8. The summed E-state index contributed by atoms with van der Waals surface area (Å²) in [5, 5.41) is 0. The molecule has 1 nitrogen and oxygen atoms in total. The van der Waals surface area contributed by atoms with Gasteiger partial charge in [0, 0.05) is 15.4 Å². The molecule has 0 spiro atoms. The minimum absolute atomic E-state index is 0.164. The van der Waals surface area contributed by atoms with Crippen molar-refractivity contribution in [3.05, 3.63) is 19.2 Å². The van der Waals surface area contributed by atoms with Gasteiger partial charge in [-0.05, 0) is 43.8 Å². The summed E-state index contributed by atoms with van der Waals surface area (Å²) in [6, 6.07) is 2.27. The summed E-state index contributed by atoms with van der Waals surface area (Å²) < 4.78 is 2.23. The van der Waals surface area contributed by atoms with Gasteiger partial charge in [0.15, 0.2) is 0 Å². The SMILES string of the molecule is CCC(C)C(N)c1cc(Br)c(Br)s1. The number of thiophene rings is 1. The number of hydrogen-bond donors (Lipinski definition) is 1. The molecule has 0 bridgehead atoms. The molecule has 2 N–H and O–H groups in total. The van der Waals surface area contributed by atoms with Crippen molar-refractivity contribution in [3.8, 4) is 0 Å². The Morgan fingerprint density at radius 3 is 2.54 bits per heavy atom. The molecular weight excluding hydrogens is 314 g/mol. The van der Waals surface area contributed by atoms with Crippen molar-refractivity contribution in [3.63, 3.8) is 0 Å². The molecule has 0 saturated heterocycles. The summed E-state index contributed by atoms with van der Waals surface area (Å²) in [5.74, 6) is 0.539. The van der Waals surface area contributed by atoms with E-state index in [1.807, 2.05) is 0 Å². The minimum atomic E-state index is 0.164. The second kappa shape index (κ2) is 4.91. The van der Waals surface area contributed by atoms with E-state index in [4.69, 9.17) is 5.73 Å². The lowest BCUT2D eigenvalue weighted by atomic mass is 9.99. The standard InChI is InChI=1S/C9H13Br2NS/c1-3-5(2)8(12)7-4-6(10)9(11)13-7/h4-5,8H,3,12H2,1-2H3. The fourth-order valence-electron chi connectivity index (χ4n) is 1.06. The van der Waals surface area contributed by atoms with Crippen molar-refractivity contribution in [1.82, 2.24) is 0 Å². The van der Waals surface area contributed by atoms with E-state index in [-0.39, 0.29) is 6.04 Å². The lowest BCUT2D eigenvalue weighted by molar-refractivity contribution is 0.462. The Bertz CT molecular complexity index is 266. The van der Waals surface area contributed by atoms with E-state index in [1.165, 1.54) is 4.88 Å². The molecule has 13 heavy (non-hydrogen) atoms. The van der Waals surface area contributed by atoms with Gasteiger partial charge in [-0.1, -0.05) is 20.3 Å². The molecule has 0 aliphatic carbocycles. The van der Waals surface area contributed by atoms with Crippen LogP contribution < -0.4 is 5.73 Å². The number of rotatable bonds is 3. The van der Waals surface area contributed by atoms with Crippen LogP contribution in [-0.2, 0) is 0 Å². The van der Waals surface area contributed by atoms with Crippen LogP contribution in [0.4, 0.5) is 0 Å². The largest absolute Gasteiger partial charge is 0.323 e. The van der Waals surface area contributed by atoms with Gasteiger partial charge >= 0.3 is 0 Å². The lowest BCUT2D eigenvalue weighted by Gasteiger charge is -2.16. The predicted molar refractivity (Wildman–Crippen MR) is 66.1 cm³/mol. The highest BCUT2D eigenvalue weighted by atomic mass is 79.9. The molecule has 1 aromatic rings. The van der Waals surface area contributed by atoms with Crippen molar-refractivity contribution in [2.24, 2.45) is 11.7 Å². The molecule has 0 radical (unpaired) electrons. The van der Waals surface area contributed by atoms with Crippen LogP contribution in [0, 0.1) is 5.92 Å². The summed E-state index contributed by atoms with van der Waals surface area (Å²) in [5.41, 5.74) is 6.10. The van der Waals surface area contributed by atoms with Crippen molar-refractivity contribution < 1.29 is 0 Å². The van der Waals surface area contributed by atoms with Gasteiger partial charge in [-0.15, -0.1) is 11.3 Å². The Kier molecular flexibility index (Phi) is 4.42. The molecule has 1 aromatic heterocycles. The Morgan fingerprint density at radius 2 is 2.15 bits per heavy atom. The Balaban J connectivity index is 2.82. The molecule has 0 fully saturated rings. The highest BCUT2D eigenvalue weighted by Gasteiger charge is 2.16. The zero-order valence-corrected chi connectivity index (χ0v) is 11.7. The van der Waals surface area contributed by atoms with E-state index in [1.54, 1.807) is 11.3 Å². The van der Waals surface area contributed by atoms with E-state index in [0.717, 1.165) is 14.7 Å². The minimum Gasteiger partial charge on any atom is -0.323 e. The number of halogens is 2. The van der Waals surface area contributed by atoms with Gasteiger partial charge in [0.25, 0.3) is 0 Å². The van der Waals surface area contributed by atoms with Crippen LogP contribution in [0.1, 0.15) is 31.2 Å². The van der Waals surface area contributed by atoms with Crippen LogP contribution in [-0.4, -0.2) is 0 Å². The highest BCUT2D eigenvalue weighted by molar-refractivity contribution is 9.13. The smallest absolute Gasteiger partial charge is 0.0843 e. The first-order valence-electron chi connectivity index (χ1n) is 4.26. The van der Waals surface area contributed by atoms with E-state index in [2.05, 4.69) is 51.8 Å². The molecular formula is C9H13Br2NS. The maximum atomic E-state index is 6.10. The van der Waals surface area contributed by atoms with Gasteiger partial charge in [-0.3, -0.25) is 0 Å². The molecule has 0 aliphatic rings. The van der Waals surface area contributed by atoms with Gasteiger partial charge in [-0.2, -0.15) is 0 Å². The maximum absolute atomic E-state index is 6.10. The number of hydrogen-bond acceptors (Lipinski definition) is 2. The highest BCUT2D eigenvalue weighted by Crippen LogP contribution is 2.37. The third-order valence-electron chi connectivity index (χ3n) is 2.25. The molecule has 2 unspecified atom stereocenters. The fraction of sp³-hybridized carbons (Fsp3) is 0.556. The second-order valence-corrected chi connectivity index (χ2v) is 6.44. The zero-order valence-electron chi connectivity index (χ0n) is 7.68. The fourth-order valence-corrected chi connectivity index (χ4v) is 3.29. The summed E-state index contributed by atoms with van der Waals surface area (Å²) in [7, 11) is 0. The van der Waals surface area contributed by atoms with Crippen molar-refractivity contribution in [2.45, 2.75) is 26.3 Å². The van der Waals surface area contributed by atoms with Crippen LogP contribution >= 0.6 is 43.2 Å². The Labute approximate surface area is 100.0 Å². The van der Waals surface area contributed by atoms with Gasteiger partial charge in [0.2, 0.25) is 0 Å². The summed E-state index contributed by atoms with van der Waals surface area (Å²) in [6.07, 6.45) is 1.12. The van der Waals surface area contributed by atoms with Crippen molar-refractivity contribution >= 4 is 43.2 Å². The zero-order chi connectivity index (χ0) is 10.0. The van der Waals surface area contributed by atoms with Crippen LogP contribution in [0.2, 0.25) is 0 Å². The summed E-state index contributed by atoms with van der Waals surface area (Å²) >= 11 is 8.65. The third kappa shape index (κ3) is 2.78. The van der Waals surface area contributed by atoms with Crippen molar-refractivity contribution in [1.29, 1.82) is 0 Å².